The molecule has 0 radical (unpaired) electrons. The molecule has 1 aromatic heterocycles. The second-order valence-electron chi connectivity index (χ2n) is 7.88. The van der Waals surface area contributed by atoms with Gasteiger partial charge in [-0.05, 0) is 36.2 Å². The van der Waals surface area contributed by atoms with Crippen LogP contribution in [0.1, 0.15) is 17.0 Å². The minimum absolute atomic E-state index is 0.0219. The quantitative estimate of drug-likeness (QED) is 0.504. The van der Waals surface area contributed by atoms with Gasteiger partial charge in [-0.3, -0.25) is 14.2 Å². The van der Waals surface area contributed by atoms with E-state index in [-0.39, 0.29) is 26.2 Å². The van der Waals surface area contributed by atoms with Gasteiger partial charge in [-0.15, -0.1) is 11.3 Å². The third-order valence-electron chi connectivity index (χ3n) is 5.81. The Morgan fingerprint density at radius 2 is 1.86 bits per heavy atom. The standard InChI is InChI=1S/C26H22N4O5S/c1-14-6-4-5-7-18(14)29-24(32)22-21(15-8-10-16(34-2)11-9-15)17(13-27)23(28)30-25(33)19(36-26(22)30)12-20(31)35-3/h4-12,21H,28H2,1-3H3,(H,29,32)/b19-12-/t21-/m0/s1. The Labute approximate surface area is 210 Å². The molecule has 1 amide bonds. The summed E-state index contributed by atoms with van der Waals surface area (Å²) >= 11 is 0.927. The highest BCUT2D eigenvalue weighted by Crippen LogP contribution is 2.37. The number of ether oxygens (including phenoxy) is 2. The first-order chi connectivity index (χ1) is 17.3. The fraction of sp³-hybridized carbons (Fsp3) is 0.154. The largest absolute Gasteiger partial charge is 0.497 e. The number of hydrogen-bond acceptors (Lipinski definition) is 8. The molecule has 0 bridgehead atoms. The van der Waals surface area contributed by atoms with E-state index in [1.165, 1.54) is 14.2 Å². The van der Waals surface area contributed by atoms with Crippen LogP contribution in [0.25, 0.3) is 17.5 Å². The van der Waals surface area contributed by atoms with Gasteiger partial charge in [-0.2, -0.15) is 5.26 Å². The number of amides is 1. The van der Waals surface area contributed by atoms with Gasteiger partial charge in [0.25, 0.3) is 11.5 Å². The number of carbonyl (C=O) groups is 2. The second-order valence-corrected chi connectivity index (χ2v) is 8.91. The van der Waals surface area contributed by atoms with Crippen molar-refractivity contribution in [1.29, 1.82) is 5.26 Å². The van der Waals surface area contributed by atoms with Crippen LogP contribution < -0.4 is 30.5 Å². The number of hydrogen-bond donors (Lipinski definition) is 2. The maximum absolute atomic E-state index is 13.8. The molecule has 10 heteroatoms. The molecular formula is C26H22N4O5S. The number of aryl methyl sites for hydroxylation is 1. The van der Waals surface area contributed by atoms with Crippen molar-refractivity contribution in [2.75, 3.05) is 19.5 Å². The molecule has 0 spiro atoms. The Morgan fingerprint density at radius 1 is 1.17 bits per heavy atom. The first-order valence-corrected chi connectivity index (χ1v) is 11.6. The van der Waals surface area contributed by atoms with Gasteiger partial charge in [-0.1, -0.05) is 30.3 Å². The van der Waals surface area contributed by atoms with Crippen LogP contribution in [-0.2, 0) is 14.3 Å². The zero-order valence-electron chi connectivity index (χ0n) is 19.7. The summed E-state index contributed by atoms with van der Waals surface area (Å²) in [5.74, 6) is -1.61. The number of thiazole rings is 1. The lowest BCUT2D eigenvalue weighted by molar-refractivity contribution is -0.133. The minimum Gasteiger partial charge on any atom is -0.497 e. The van der Waals surface area contributed by atoms with Crippen molar-refractivity contribution < 1.29 is 19.1 Å². The number of nitrogens with zero attached hydrogens (tertiary/aromatic N) is 2. The molecule has 0 aliphatic carbocycles. The number of para-hydroxylation sites is 1. The molecule has 1 aliphatic heterocycles. The minimum atomic E-state index is -0.867. The molecule has 0 saturated carbocycles. The molecule has 9 nitrogen and oxygen atoms in total. The lowest BCUT2D eigenvalue weighted by Crippen LogP contribution is -2.40. The van der Waals surface area contributed by atoms with Crippen LogP contribution in [-0.4, -0.2) is 30.7 Å². The molecule has 2 heterocycles. The summed E-state index contributed by atoms with van der Waals surface area (Å²) in [5, 5.41) is 13.0. The number of allylic oxidation sites excluding steroid dienone is 1. The van der Waals surface area contributed by atoms with E-state index in [9.17, 15) is 19.6 Å². The average molecular weight is 503 g/mol. The number of benzene rings is 2. The van der Waals surface area contributed by atoms with E-state index < -0.39 is 23.4 Å². The Hall–Kier alpha value is -4.62. The summed E-state index contributed by atoms with van der Waals surface area (Å²) in [5.41, 5.74) is 7.91. The normalized spacial score (nSPS) is 15.2. The number of methoxy groups -OCH3 is 2. The molecule has 1 atom stereocenters. The highest BCUT2D eigenvalue weighted by molar-refractivity contribution is 7.07. The molecule has 0 fully saturated rings. The summed E-state index contributed by atoms with van der Waals surface area (Å²) in [4.78, 5) is 38.9. The molecule has 2 aromatic carbocycles. The Morgan fingerprint density at radius 3 is 2.47 bits per heavy atom. The molecule has 4 rings (SSSR count). The summed E-state index contributed by atoms with van der Waals surface area (Å²) < 4.78 is 11.2. The fourth-order valence-corrected chi connectivity index (χ4v) is 5.10. The smallest absolute Gasteiger partial charge is 0.332 e. The zero-order chi connectivity index (χ0) is 26.0. The van der Waals surface area contributed by atoms with E-state index in [4.69, 9.17) is 10.5 Å². The molecule has 0 saturated heterocycles. The van der Waals surface area contributed by atoms with Gasteiger partial charge in [-0.25, -0.2) is 4.79 Å². The number of fused-ring (bicyclic) bond motifs is 1. The zero-order valence-corrected chi connectivity index (χ0v) is 20.5. The van der Waals surface area contributed by atoms with Crippen LogP contribution >= 0.6 is 11.3 Å². The lowest BCUT2D eigenvalue weighted by Gasteiger charge is -2.25. The molecule has 36 heavy (non-hydrogen) atoms. The fourth-order valence-electron chi connectivity index (χ4n) is 3.97. The van der Waals surface area contributed by atoms with Crippen LogP contribution in [0.5, 0.6) is 5.75 Å². The van der Waals surface area contributed by atoms with Gasteiger partial charge >= 0.3 is 5.97 Å². The molecule has 3 N–H and O–H groups in total. The molecule has 1 aliphatic rings. The van der Waals surface area contributed by atoms with Gasteiger partial charge < -0.3 is 20.5 Å². The van der Waals surface area contributed by atoms with Crippen LogP contribution in [0.2, 0.25) is 0 Å². The van der Waals surface area contributed by atoms with E-state index in [0.29, 0.717) is 17.0 Å². The van der Waals surface area contributed by atoms with Gasteiger partial charge in [0.2, 0.25) is 0 Å². The maximum atomic E-state index is 13.8. The van der Waals surface area contributed by atoms with Crippen molar-refractivity contribution in [2.45, 2.75) is 12.8 Å². The Balaban J connectivity index is 2.05. The predicted molar refractivity (Wildman–Crippen MR) is 136 cm³/mol. The Kier molecular flexibility index (Phi) is 6.76. The summed E-state index contributed by atoms with van der Waals surface area (Å²) in [6, 6.07) is 16.2. The molecule has 3 aromatic rings. The van der Waals surface area contributed by atoms with E-state index in [2.05, 4.69) is 16.1 Å². The highest BCUT2D eigenvalue weighted by Gasteiger charge is 2.35. The molecular weight excluding hydrogens is 480 g/mol. The van der Waals surface area contributed by atoms with Gasteiger partial charge in [0.05, 0.1) is 37.4 Å². The average Bonchev–Trinajstić information content (AvgIpc) is 3.20. The van der Waals surface area contributed by atoms with Gasteiger partial charge in [0.15, 0.2) is 0 Å². The van der Waals surface area contributed by atoms with Gasteiger partial charge in [0, 0.05) is 11.8 Å². The molecule has 182 valence electrons. The number of nitriles is 1. The van der Waals surface area contributed by atoms with E-state index in [1.807, 2.05) is 19.1 Å². The van der Waals surface area contributed by atoms with Crippen LogP contribution in [0.15, 0.2) is 58.9 Å². The number of carbonyl (C=O) groups excluding carboxylic acids is 2. The topological polar surface area (TPSA) is 136 Å². The number of nitrogens with one attached hydrogen (secondary N) is 1. The SMILES string of the molecule is COC(=O)/C=c1\sc2n(c1=O)C(N)=C(C#N)[C@H](c1ccc(OC)cc1)C=2C(=O)Nc1ccccc1C. The van der Waals surface area contributed by atoms with Crippen molar-refractivity contribution in [3.05, 3.63) is 84.8 Å². The van der Waals surface area contributed by atoms with Crippen molar-refractivity contribution in [1.82, 2.24) is 4.57 Å². The maximum Gasteiger partial charge on any atom is 0.332 e. The van der Waals surface area contributed by atoms with Crippen molar-refractivity contribution in [2.24, 2.45) is 5.73 Å². The first kappa shape index (κ1) is 24.5. The second kappa shape index (κ2) is 9.93. The number of nitrogens with two attached hydrogens (primary N) is 1. The Bertz CT molecular complexity index is 1620. The number of anilines is 1. The number of rotatable bonds is 5. The van der Waals surface area contributed by atoms with Crippen molar-refractivity contribution >= 4 is 46.4 Å². The summed E-state index contributed by atoms with van der Waals surface area (Å²) in [6.07, 6.45) is 1.04. The van der Waals surface area contributed by atoms with E-state index in [0.717, 1.165) is 27.5 Å². The summed E-state index contributed by atoms with van der Waals surface area (Å²) in [6.45, 7) is 1.85. The van der Waals surface area contributed by atoms with Crippen molar-refractivity contribution in [3.63, 3.8) is 0 Å². The number of aromatic nitrogens is 1. The number of esters is 1. The van der Waals surface area contributed by atoms with Crippen LogP contribution in [0.3, 0.4) is 0 Å². The molecule has 0 unspecified atom stereocenters. The van der Waals surface area contributed by atoms with Gasteiger partial charge in [0.1, 0.15) is 20.8 Å². The monoisotopic (exact) mass is 502 g/mol. The predicted octanol–water partition coefficient (Wildman–Crippen LogP) is 1.42. The van der Waals surface area contributed by atoms with Crippen LogP contribution in [0.4, 0.5) is 5.69 Å². The first-order valence-electron chi connectivity index (χ1n) is 10.8. The summed E-state index contributed by atoms with van der Waals surface area (Å²) in [7, 11) is 2.73. The van der Waals surface area contributed by atoms with Crippen molar-refractivity contribution in [3.8, 4) is 11.8 Å². The highest BCUT2D eigenvalue weighted by atomic mass is 32.1. The third kappa shape index (κ3) is 4.28. The lowest BCUT2D eigenvalue weighted by atomic mass is 9.83. The van der Waals surface area contributed by atoms with E-state index >= 15 is 0 Å². The van der Waals surface area contributed by atoms with E-state index in [1.54, 1.807) is 36.4 Å². The van der Waals surface area contributed by atoms with Crippen LogP contribution in [0, 0.1) is 18.3 Å². The third-order valence-corrected chi connectivity index (χ3v) is 6.91.